The van der Waals surface area contributed by atoms with E-state index in [1.165, 1.54) is 0 Å². The number of likely N-dealkylation sites (N-methyl/N-ethyl adjacent to an activating group) is 1. The van der Waals surface area contributed by atoms with Crippen molar-refractivity contribution in [3.8, 4) is 0 Å². The molecule has 2 unspecified atom stereocenters. The SMILES string of the molecule is CC(C)CN(C)C1(C)CCCC1(C)O. The molecular formula is C12H25NO. The van der Waals surface area contributed by atoms with E-state index in [0.29, 0.717) is 5.92 Å². The minimum absolute atomic E-state index is 0.0305. The van der Waals surface area contributed by atoms with E-state index in [9.17, 15) is 5.11 Å². The molecule has 0 heterocycles. The molecule has 0 spiro atoms. The molecule has 1 aliphatic rings. The molecule has 0 radical (unpaired) electrons. The van der Waals surface area contributed by atoms with Gasteiger partial charge in [-0.1, -0.05) is 13.8 Å². The summed E-state index contributed by atoms with van der Waals surface area (Å²) in [6, 6.07) is 0. The van der Waals surface area contributed by atoms with Crippen LogP contribution in [0.1, 0.15) is 47.0 Å². The molecule has 1 aliphatic carbocycles. The Balaban J connectivity index is 2.73. The first-order valence-corrected chi connectivity index (χ1v) is 5.73. The van der Waals surface area contributed by atoms with Crippen molar-refractivity contribution in [2.45, 2.75) is 58.1 Å². The van der Waals surface area contributed by atoms with Gasteiger partial charge < -0.3 is 5.11 Å². The number of hydrogen-bond donors (Lipinski definition) is 1. The van der Waals surface area contributed by atoms with Crippen LogP contribution in [0.4, 0.5) is 0 Å². The van der Waals surface area contributed by atoms with Gasteiger partial charge in [-0.2, -0.15) is 0 Å². The van der Waals surface area contributed by atoms with Crippen LogP contribution in [0.15, 0.2) is 0 Å². The van der Waals surface area contributed by atoms with E-state index in [2.05, 4.69) is 32.7 Å². The second-order valence-electron chi connectivity index (χ2n) is 5.68. The minimum Gasteiger partial charge on any atom is -0.388 e. The first-order valence-electron chi connectivity index (χ1n) is 5.73. The second kappa shape index (κ2) is 3.82. The molecule has 84 valence electrons. The van der Waals surface area contributed by atoms with E-state index < -0.39 is 5.60 Å². The maximum absolute atomic E-state index is 10.4. The average Bonchev–Trinajstić information content (AvgIpc) is 2.26. The lowest BCUT2D eigenvalue weighted by molar-refractivity contribution is -0.0659. The van der Waals surface area contributed by atoms with Crippen LogP contribution in [0.25, 0.3) is 0 Å². The van der Waals surface area contributed by atoms with E-state index in [1.807, 2.05) is 6.92 Å². The fourth-order valence-electron chi connectivity index (χ4n) is 2.67. The number of aliphatic hydroxyl groups is 1. The van der Waals surface area contributed by atoms with E-state index in [-0.39, 0.29) is 5.54 Å². The van der Waals surface area contributed by atoms with Crippen molar-refractivity contribution in [2.24, 2.45) is 5.92 Å². The predicted octanol–water partition coefficient (Wildman–Crippen LogP) is 2.27. The average molecular weight is 199 g/mol. The highest BCUT2D eigenvalue weighted by atomic mass is 16.3. The van der Waals surface area contributed by atoms with Gasteiger partial charge in [-0.3, -0.25) is 4.90 Å². The zero-order valence-corrected chi connectivity index (χ0v) is 10.3. The maximum atomic E-state index is 10.4. The number of hydrogen-bond acceptors (Lipinski definition) is 2. The Bertz CT molecular complexity index is 200. The third-order valence-corrected chi connectivity index (χ3v) is 3.97. The summed E-state index contributed by atoms with van der Waals surface area (Å²) in [4.78, 5) is 2.34. The van der Waals surface area contributed by atoms with Gasteiger partial charge >= 0.3 is 0 Å². The Kier molecular flexibility index (Phi) is 3.27. The first-order chi connectivity index (χ1) is 6.29. The van der Waals surface area contributed by atoms with Crippen LogP contribution >= 0.6 is 0 Å². The first kappa shape index (κ1) is 12.0. The molecule has 0 aromatic carbocycles. The molecule has 0 saturated heterocycles. The Morgan fingerprint density at radius 3 is 2.21 bits per heavy atom. The van der Waals surface area contributed by atoms with Crippen LogP contribution in [0, 0.1) is 5.92 Å². The van der Waals surface area contributed by atoms with E-state index in [0.717, 1.165) is 25.8 Å². The van der Waals surface area contributed by atoms with Crippen molar-refractivity contribution in [2.75, 3.05) is 13.6 Å². The summed E-state index contributed by atoms with van der Waals surface area (Å²) in [7, 11) is 2.14. The molecule has 0 aromatic rings. The van der Waals surface area contributed by atoms with Crippen LogP contribution in [-0.4, -0.2) is 34.7 Å². The van der Waals surface area contributed by atoms with Crippen LogP contribution in [0.5, 0.6) is 0 Å². The zero-order chi connectivity index (χ0) is 11.0. The summed E-state index contributed by atoms with van der Waals surface area (Å²) in [6.45, 7) is 9.69. The summed E-state index contributed by atoms with van der Waals surface area (Å²) >= 11 is 0. The lowest BCUT2D eigenvalue weighted by Gasteiger charge is -2.45. The quantitative estimate of drug-likeness (QED) is 0.753. The number of nitrogens with zero attached hydrogens (tertiary/aromatic N) is 1. The van der Waals surface area contributed by atoms with E-state index >= 15 is 0 Å². The smallest absolute Gasteiger partial charge is 0.0799 e. The Hall–Kier alpha value is -0.0800. The van der Waals surface area contributed by atoms with Crippen LogP contribution in [0.3, 0.4) is 0 Å². The molecule has 1 N–H and O–H groups in total. The van der Waals surface area contributed by atoms with Crippen molar-refractivity contribution in [3.05, 3.63) is 0 Å². The van der Waals surface area contributed by atoms with Gasteiger partial charge in [0.05, 0.1) is 5.60 Å². The predicted molar refractivity (Wildman–Crippen MR) is 60.3 cm³/mol. The summed E-state index contributed by atoms with van der Waals surface area (Å²) in [5.41, 5.74) is -0.548. The molecule has 2 heteroatoms. The van der Waals surface area contributed by atoms with E-state index in [1.54, 1.807) is 0 Å². The molecule has 1 saturated carbocycles. The molecule has 2 nitrogen and oxygen atoms in total. The molecule has 1 fully saturated rings. The van der Waals surface area contributed by atoms with Gasteiger partial charge in [-0.15, -0.1) is 0 Å². The van der Waals surface area contributed by atoms with Gasteiger partial charge in [0, 0.05) is 12.1 Å². The van der Waals surface area contributed by atoms with Gasteiger partial charge in [0.2, 0.25) is 0 Å². The fraction of sp³-hybridized carbons (Fsp3) is 1.00. The Labute approximate surface area is 88.3 Å². The standard InChI is InChI=1S/C12H25NO/c1-10(2)9-13(5)11(3)7-6-8-12(11,4)14/h10,14H,6-9H2,1-5H3. The zero-order valence-electron chi connectivity index (χ0n) is 10.3. The molecule has 1 rings (SSSR count). The summed E-state index contributed by atoms with van der Waals surface area (Å²) in [5, 5.41) is 10.4. The molecule has 0 amide bonds. The lowest BCUT2D eigenvalue weighted by atomic mass is 9.84. The molecule has 14 heavy (non-hydrogen) atoms. The minimum atomic E-state index is -0.517. The second-order valence-corrected chi connectivity index (χ2v) is 5.68. The molecule has 0 bridgehead atoms. The highest BCUT2D eigenvalue weighted by Crippen LogP contribution is 2.42. The Morgan fingerprint density at radius 1 is 1.29 bits per heavy atom. The van der Waals surface area contributed by atoms with Crippen molar-refractivity contribution < 1.29 is 5.11 Å². The van der Waals surface area contributed by atoms with Crippen LogP contribution < -0.4 is 0 Å². The fourth-order valence-corrected chi connectivity index (χ4v) is 2.67. The van der Waals surface area contributed by atoms with Gasteiger partial charge in [0.1, 0.15) is 0 Å². The molecule has 0 aromatic heterocycles. The van der Waals surface area contributed by atoms with Crippen LogP contribution in [-0.2, 0) is 0 Å². The molecule has 2 atom stereocenters. The largest absolute Gasteiger partial charge is 0.388 e. The monoisotopic (exact) mass is 199 g/mol. The highest BCUT2D eigenvalue weighted by Gasteiger charge is 2.49. The highest BCUT2D eigenvalue weighted by molar-refractivity contribution is 5.05. The van der Waals surface area contributed by atoms with Gasteiger partial charge in [-0.25, -0.2) is 0 Å². The van der Waals surface area contributed by atoms with E-state index in [4.69, 9.17) is 0 Å². The lowest BCUT2D eigenvalue weighted by Crippen LogP contribution is -2.57. The molecular weight excluding hydrogens is 174 g/mol. The van der Waals surface area contributed by atoms with Crippen molar-refractivity contribution in [3.63, 3.8) is 0 Å². The van der Waals surface area contributed by atoms with Gasteiger partial charge in [0.25, 0.3) is 0 Å². The van der Waals surface area contributed by atoms with Crippen molar-refractivity contribution in [1.29, 1.82) is 0 Å². The third-order valence-electron chi connectivity index (χ3n) is 3.97. The molecule has 0 aliphatic heterocycles. The van der Waals surface area contributed by atoms with Gasteiger partial charge in [-0.05, 0) is 46.1 Å². The number of rotatable bonds is 3. The summed E-state index contributed by atoms with van der Waals surface area (Å²) in [6.07, 6.45) is 3.20. The Morgan fingerprint density at radius 2 is 1.86 bits per heavy atom. The van der Waals surface area contributed by atoms with Crippen LogP contribution in [0.2, 0.25) is 0 Å². The van der Waals surface area contributed by atoms with Crippen molar-refractivity contribution >= 4 is 0 Å². The van der Waals surface area contributed by atoms with Crippen molar-refractivity contribution in [1.82, 2.24) is 4.90 Å². The summed E-state index contributed by atoms with van der Waals surface area (Å²) in [5.74, 6) is 0.660. The normalized spacial score (nSPS) is 38.6. The topological polar surface area (TPSA) is 23.5 Å². The summed E-state index contributed by atoms with van der Waals surface area (Å²) < 4.78 is 0. The van der Waals surface area contributed by atoms with Gasteiger partial charge in [0.15, 0.2) is 0 Å². The third kappa shape index (κ3) is 1.96. The maximum Gasteiger partial charge on any atom is 0.0799 e.